The Balaban J connectivity index is 2.25. The summed E-state index contributed by atoms with van der Waals surface area (Å²) in [5.74, 6) is -0.205. The lowest BCUT2D eigenvalue weighted by Gasteiger charge is -2.15. The van der Waals surface area contributed by atoms with E-state index >= 15 is 0 Å². The summed E-state index contributed by atoms with van der Waals surface area (Å²) in [5, 5.41) is 0. The molecule has 0 saturated carbocycles. The standard InChI is InChI=1S/C11H13FNO2S/c1-9-10(4-2-5-11(9)12)8-13-6-3-7-16(13,14)15/h2,4-5H,1,3,6-8H2. The van der Waals surface area contributed by atoms with Crippen molar-refractivity contribution in [2.45, 2.75) is 13.0 Å². The number of rotatable bonds is 2. The second-order valence-electron chi connectivity index (χ2n) is 3.88. The van der Waals surface area contributed by atoms with Crippen molar-refractivity contribution in [3.63, 3.8) is 0 Å². The van der Waals surface area contributed by atoms with E-state index in [2.05, 4.69) is 6.92 Å². The summed E-state index contributed by atoms with van der Waals surface area (Å²) < 4.78 is 37.7. The van der Waals surface area contributed by atoms with Crippen LogP contribution < -0.4 is 0 Å². The van der Waals surface area contributed by atoms with Gasteiger partial charge in [0.05, 0.1) is 5.75 Å². The van der Waals surface area contributed by atoms with Crippen molar-refractivity contribution >= 4 is 10.0 Å². The maximum absolute atomic E-state index is 13.2. The van der Waals surface area contributed by atoms with Crippen LogP contribution >= 0.6 is 0 Å². The Morgan fingerprint density at radius 2 is 2.19 bits per heavy atom. The highest BCUT2D eigenvalue weighted by Gasteiger charge is 2.28. The fraction of sp³-hybridized carbons (Fsp3) is 0.364. The zero-order valence-electron chi connectivity index (χ0n) is 8.82. The Morgan fingerprint density at radius 3 is 2.81 bits per heavy atom. The van der Waals surface area contributed by atoms with Crippen LogP contribution in [0.25, 0.3) is 0 Å². The van der Waals surface area contributed by atoms with E-state index in [9.17, 15) is 12.8 Å². The zero-order valence-corrected chi connectivity index (χ0v) is 9.63. The maximum Gasteiger partial charge on any atom is 0.214 e. The Kier molecular flexibility index (Phi) is 2.99. The average molecular weight is 242 g/mol. The summed E-state index contributed by atoms with van der Waals surface area (Å²) in [4.78, 5) is 0. The van der Waals surface area contributed by atoms with E-state index in [1.165, 1.54) is 10.4 Å². The first-order valence-electron chi connectivity index (χ1n) is 5.08. The van der Waals surface area contributed by atoms with Crippen LogP contribution in [0.2, 0.25) is 0 Å². The molecule has 0 spiro atoms. The Morgan fingerprint density at radius 1 is 1.44 bits per heavy atom. The first-order chi connectivity index (χ1) is 7.50. The smallest absolute Gasteiger partial charge is 0.212 e. The molecule has 87 valence electrons. The summed E-state index contributed by atoms with van der Waals surface area (Å²) >= 11 is 0. The molecule has 1 radical (unpaired) electrons. The van der Waals surface area contributed by atoms with Crippen LogP contribution in [0.4, 0.5) is 4.39 Å². The number of nitrogens with zero attached hydrogens (tertiary/aromatic N) is 1. The summed E-state index contributed by atoms with van der Waals surface area (Å²) in [6, 6.07) is 4.60. The molecule has 1 fully saturated rings. The summed E-state index contributed by atoms with van der Waals surface area (Å²) in [7, 11) is -3.13. The Hall–Kier alpha value is -0.940. The highest BCUT2D eigenvalue weighted by molar-refractivity contribution is 7.89. The summed E-state index contributed by atoms with van der Waals surface area (Å²) in [6.07, 6.45) is 0.643. The predicted octanol–water partition coefficient (Wildman–Crippen LogP) is 1.54. The van der Waals surface area contributed by atoms with Crippen LogP contribution in [0.15, 0.2) is 18.2 Å². The number of benzene rings is 1. The van der Waals surface area contributed by atoms with Crippen LogP contribution in [-0.4, -0.2) is 25.0 Å². The third-order valence-corrected chi connectivity index (χ3v) is 4.67. The van der Waals surface area contributed by atoms with Gasteiger partial charge in [-0.3, -0.25) is 0 Å². The quantitative estimate of drug-likeness (QED) is 0.789. The van der Waals surface area contributed by atoms with Gasteiger partial charge in [0.1, 0.15) is 5.82 Å². The van der Waals surface area contributed by atoms with E-state index < -0.39 is 15.8 Å². The molecule has 2 rings (SSSR count). The third kappa shape index (κ3) is 2.10. The number of hydrogen-bond donors (Lipinski definition) is 0. The number of sulfonamides is 1. The van der Waals surface area contributed by atoms with E-state index in [4.69, 9.17) is 0 Å². The number of halogens is 1. The van der Waals surface area contributed by atoms with Crippen molar-refractivity contribution in [2.24, 2.45) is 0 Å². The zero-order chi connectivity index (χ0) is 11.8. The topological polar surface area (TPSA) is 37.4 Å². The van der Waals surface area contributed by atoms with Gasteiger partial charge in [-0.1, -0.05) is 12.1 Å². The summed E-state index contributed by atoms with van der Waals surface area (Å²) in [6.45, 7) is 4.35. The largest absolute Gasteiger partial charge is 0.214 e. The molecule has 1 aliphatic heterocycles. The van der Waals surface area contributed by atoms with E-state index in [0.717, 1.165) is 0 Å². The van der Waals surface area contributed by atoms with Crippen LogP contribution in [0.5, 0.6) is 0 Å². The summed E-state index contributed by atoms with van der Waals surface area (Å²) in [5.41, 5.74) is 0.912. The highest BCUT2D eigenvalue weighted by Crippen LogP contribution is 2.20. The molecular formula is C11H13FNO2S. The molecule has 0 atom stereocenters. The van der Waals surface area contributed by atoms with Crippen LogP contribution in [0.1, 0.15) is 17.5 Å². The van der Waals surface area contributed by atoms with E-state index in [-0.39, 0.29) is 17.9 Å². The average Bonchev–Trinajstić information content (AvgIpc) is 2.54. The fourth-order valence-electron chi connectivity index (χ4n) is 1.81. The van der Waals surface area contributed by atoms with Crippen LogP contribution in [0.3, 0.4) is 0 Å². The van der Waals surface area contributed by atoms with Gasteiger partial charge in [0.25, 0.3) is 0 Å². The minimum Gasteiger partial charge on any atom is -0.212 e. The van der Waals surface area contributed by atoms with Gasteiger partial charge in [-0.15, -0.1) is 0 Å². The monoisotopic (exact) mass is 242 g/mol. The van der Waals surface area contributed by atoms with Crippen molar-refractivity contribution in [1.82, 2.24) is 4.31 Å². The van der Waals surface area contributed by atoms with Crippen LogP contribution in [-0.2, 0) is 16.6 Å². The molecule has 5 heteroatoms. The predicted molar refractivity (Wildman–Crippen MR) is 59.7 cm³/mol. The molecule has 1 heterocycles. The molecule has 0 N–H and O–H groups in total. The molecule has 0 bridgehead atoms. The highest BCUT2D eigenvalue weighted by atomic mass is 32.2. The molecule has 1 saturated heterocycles. The normalized spacial score (nSPS) is 20.1. The van der Waals surface area contributed by atoms with E-state index in [1.807, 2.05) is 0 Å². The molecule has 0 unspecified atom stereocenters. The van der Waals surface area contributed by atoms with Gasteiger partial charge in [-0.25, -0.2) is 12.8 Å². The Labute approximate surface area is 94.9 Å². The van der Waals surface area contributed by atoms with E-state index in [1.54, 1.807) is 12.1 Å². The van der Waals surface area contributed by atoms with Crippen molar-refractivity contribution in [3.05, 3.63) is 42.1 Å². The van der Waals surface area contributed by atoms with E-state index in [0.29, 0.717) is 18.5 Å². The molecule has 0 amide bonds. The molecule has 16 heavy (non-hydrogen) atoms. The maximum atomic E-state index is 13.2. The first-order valence-corrected chi connectivity index (χ1v) is 6.69. The Bertz CT molecular complexity index is 499. The molecule has 3 nitrogen and oxygen atoms in total. The lowest BCUT2D eigenvalue weighted by atomic mass is 10.1. The SMILES string of the molecule is [CH2]c1c(F)cccc1CN1CCCS1(=O)=O. The molecule has 1 aliphatic rings. The van der Waals surface area contributed by atoms with Crippen molar-refractivity contribution in [1.29, 1.82) is 0 Å². The molecule has 0 aliphatic carbocycles. The second kappa shape index (κ2) is 4.14. The van der Waals surface area contributed by atoms with Crippen molar-refractivity contribution < 1.29 is 12.8 Å². The fourth-order valence-corrected chi connectivity index (χ4v) is 3.31. The molecule has 1 aromatic rings. The van der Waals surface area contributed by atoms with Gasteiger partial charge in [-0.05, 0) is 30.5 Å². The van der Waals surface area contributed by atoms with Gasteiger partial charge in [0.15, 0.2) is 0 Å². The van der Waals surface area contributed by atoms with Gasteiger partial charge >= 0.3 is 0 Å². The van der Waals surface area contributed by atoms with Crippen molar-refractivity contribution in [2.75, 3.05) is 12.3 Å². The lowest BCUT2D eigenvalue weighted by molar-refractivity contribution is 0.438. The van der Waals surface area contributed by atoms with Gasteiger partial charge in [-0.2, -0.15) is 4.31 Å². The molecular weight excluding hydrogens is 229 g/mol. The van der Waals surface area contributed by atoms with Crippen LogP contribution in [0, 0.1) is 12.7 Å². The van der Waals surface area contributed by atoms with Gasteiger partial charge < -0.3 is 0 Å². The number of hydrogen-bond acceptors (Lipinski definition) is 2. The van der Waals surface area contributed by atoms with Gasteiger partial charge in [0, 0.05) is 13.1 Å². The molecule has 0 aromatic heterocycles. The third-order valence-electron chi connectivity index (χ3n) is 2.77. The first kappa shape index (κ1) is 11.5. The minimum absolute atomic E-state index is 0.189. The minimum atomic E-state index is -3.13. The lowest BCUT2D eigenvalue weighted by Crippen LogP contribution is -2.25. The van der Waals surface area contributed by atoms with Crippen molar-refractivity contribution in [3.8, 4) is 0 Å². The molecule has 1 aromatic carbocycles. The van der Waals surface area contributed by atoms with Gasteiger partial charge in [0.2, 0.25) is 10.0 Å². The second-order valence-corrected chi connectivity index (χ2v) is 5.97.